The van der Waals surface area contributed by atoms with Gasteiger partial charge in [0, 0.05) is 6.42 Å². The van der Waals surface area contributed by atoms with Crippen LogP contribution in [0.3, 0.4) is 0 Å². The highest BCUT2D eigenvalue weighted by atomic mass is 16.5. The zero-order chi connectivity index (χ0) is 20.8. The molecule has 3 rings (SSSR count). The third-order valence-electron chi connectivity index (χ3n) is 5.03. The molecule has 0 aliphatic carbocycles. The van der Waals surface area contributed by atoms with Crippen LogP contribution in [-0.2, 0) is 11.2 Å². The number of ether oxygens (including phenoxy) is 2. The Kier molecular flexibility index (Phi) is 7.35. The van der Waals surface area contributed by atoms with Gasteiger partial charge in [-0.05, 0) is 41.5 Å². The summed E-state index contributed by atoms with van der Waals surface area (Å²) in [7, 11) is 0. The maximum Gasteiger partial charge on any atom is 0.119 e. The Labute approximate surface area is 169 Å². The molecule has 0 radical (unpaired) electrons. The second kappa shape index (κ2) is 9.96. The van der Waals surface area contributed by atoms with Gasteiger partial charge in [0.05, 0.1) is 13.2 Å². The predicted molar refractivity (Wildman–Crippen MR) is 107 cm³/mol. The first-order valence-electron chi connectivity index (χ1n) is 9.63. The van der Waals surface area contributed by atoms with Gasteiger partial charge in [0.25, 0.3) is 0 Å². The molecule has 0 amide bonds. The van der Waals surface area contributed by atoms with E-state index in [1.165, 1.54) is 6.21 Å². The minimum atomic E-state index is -1.39. The molecule has 0 unspecified atom stereocenters. The van der Waals surface area contributed by atoms with E-state index in [2.05, 4.69) is 0 Å². The fourth-order valence-corrected chi connectivity index (χ4v) is 3.43. The predicted octanol–water partition coefficient (Wildman–Crippen LogP) is 1.21. The number of hydrogen-bond donors (Lipinski definition) is 5. The lowest BCUT2D eigenvalue weighted by molar-refractivity contribution is -0.231. The molecular formula is C22H27NO6. The van der Waals surface area contributed by atoms with E-state index in [1.54, 1.807) is 6.07 Å². The van der Waals surface area contributed by atoms with Gasteiger partial charge in [-0.2, -0.15) is 0 Å². The second-order valence-electron chi connectivity index (χ2n) is 7.16. The Balaban J connectivity index is 1.70. The van der Waals surface area contributed by atoms with Crippen LogP contribution >= 0.6 is 0 Å². The van der Waals surface area contributed by atoms with Crippen LogP contribution in [0.2, 0.25) is 0 Å². The minimum absolute atomic E-state index is 0.449. The van der Waals surface area contributed by atoms with E-state index in [0.717, 1.165) is 16.9 Å². The van der Waals surface area contributed by atoms with E-state index in [9.17, 15) is 20.4 Å². The summed E-state index contributed by atoms with van der Waals surface area (Å²) < 4.78 is 11.2. The molecule has 7 nitrogen and oxygen atoms in total. The summed E-state index contributed by atoms with van der Waals surface area (Å²) in [5.74, 6) is 0.755. The summed E-state index contributed by atoms with van der Waals surface area (Å²) >= 11 is 0. The highest BCUT2D eigenvalue weighted by Gasteiger charge is 2.43. The standard InChI is InChI=1S/C22H27NO6/c23-9-2-10-28-17-7-5-14(6-8-17)11-15-3-1-4-16(12-15)22-21(27)20(26)19(25)18(13-24)29-22/h1,3-9,12,18-27H,2,10-11,13H2/t18-,19-,20+,21-,22+/m1/s1. The average molecular weight is 401 g/mol. The van der Waals surface area contributed by atoms with E-state index in [1.807, 2.05) is 42.5 Å². The van der Waals surface area contributed by atoms with Gasteiger partial charge in [-0.25, -0.2) is 0 Å². The van der Waals surface area contributed by atoms with Crippen LogP contribution in [0.1, 0.15) is 29.2 Å². The number of aliphatic hydroxyl groups excluding tert-OH is 4. The minimum Gasteiger partial charge on any atom is -0.493 e. The summed E-state index contributed by atoms with van der Waals surface area (Å²) in [5, 5.41) is 46.7. The van der Waals surface area contributed by atoms with E-state index < -0.39 is 37.1 Å². The van der Waals surface area contributed by atoms with Gasteiger partial charge in [-0.15, -0.1) is 0 Å². The first-order chi connectivity index (χ1) is 14.0. The van der Waals surface area contributed by atoms with Crippen molar-refractivity contribution in [3.8, 4) is 5.75 Å². The van der Waals surface area contributed by atoms with Gasteiger partial charge >= 0.3 is 0 Å². The van der Waals surface area contributed by atoms with E-state index in [-0.39, 0.29) is 0 Å². The lowest BCUT2D eigenvalue weighted by atomic mass is 9.90. The zero-order valence-electron chi connectivity index (χ0n) is 16.0. The number of rotatable bonds is 8. The molecule has 156 valence electrons. The maximum absolute atomic E-state index is 10.3. The van der Waals surface area contributed by atoms with Gasteiger partial charge in [-0.1, -0.05) is 36.4 Å². The smallest absolute Gasteiger partial charge is 0.119 e. The van der Waals surface area contributed by atoms with Crippen LogP contribution in [0.15, 0.2) is 48.5 Å². The number of benzene rings is 2. The van der Waals surface area contributed by atoms with Gasteiger partial charge in [0.15, 0.2) is 0 Å². The topological polar surface area (TPSA) is 123 Å². The molecule has 0 spiro atoms. The highest BCUT2D eigenvalue weighted by molar-refractivity contribution is 5.52. The number of hydrogen-bond acceptors (Lipinski definition) is 7. The molecule has 1 saturated heterocycles. The summed E-state index contributed by atoms with van der Waals surface area (Å²) in [6.07, 6.45) is -3.27. The van der Waals surface area contributed by atoms with Gasteiger partial charge in [0.2, 0.25) is 0 Å². The van der Waals surface area contributed by atoms with Crippen molar-refractivity contribution in [3.63, 3.8) is 0 Å². The molecule has 1 aliphatic heterocycles. The van der Waals surface area contributed by atoms with Gasteiger partial charge in [0.1, 0.15) is 36.3 Å². The quantitative estimate of drug-likeness (QED) is 0.335. The lowest BCUT2D eigenvalue weighted by Crippen LogP contribution is -2.55. The SMILES string of the molecule is N=CCCOc1ccc(Cc2cccc([C@@H]3O[C@H](CO)[C@@H](O)[C@H](O)[C@H]3O)c2)cc1. The van der Waals surface area contributed by atoms with Crippen LogP contribution in [0.25, 0.3) is 0 Å². The lowest BCUT2D eigenvalue weighted by Gasteiger charge is -2.40. The Hall–Kier alpha value is -2.29. The molecule has 2 aromatic rings. The van der Waals surface area contributed by atoms with E-state index in [4.69, 9.17) is 14.9 Å². The molecule has 1 fully saturated rings. The van der Waals surface area contributed by atoms with E-state index >= 15 is 0 Å². The van der Waals surface area contributed by atoms with Crippen LogP contribution in [0.4, 0.5) is 0 Å². The molecule has 0 saturated carbocycles. The van der Waals surface area contributed by atoms with Crippen LogP contribution < -0.4 is 4.74 Å². The molecular weight excluding hydrogens is 374 g/mol. The Bertz CT molecular complexity index is 794. The normalized spacial score (nSPS) is 26.8. The fraction of sp³-hybridized carbons (Fsp3) is 0.409. The van der Waals surface area contributed by atoms with Gasteiger partial charge in [-0.3, -0.25) is 0 Å². The van der Waals surface area contributed by atoms with Crippen molar-refractivity contribution in [2.75, 3.05) is 13.2 Å². The second-order valence-corrected chi connectivity index (χ2v) is 7.16. The first-order valence-corrected chi connectivity index (χ1v) is 9.63. The molecule has 5 N–H and O–H groups in total. The van der Waals surface area contributed by atoms with Crippen molar-refractivity contribution in [3.05, 3.63) is 65.2 Å². The summed E-state index contributed by atoms with van der Waals surface area (Å²) in [5.41, 5.74) is 2.75. The Morgan fingerprint density at radius 2 is 1.72 bits per heavy atom. The summed E-state index contributed by atoms with van der Waals surface area (Å²) in [6.45, 7) is 0.0272. The van der Waals surface area contributed by atoms with Crippen LogP contribution in [-0.4, -0.2) is 64.3 Å². The third-order valence-corrected chi connectivity index (χ3v) is 5.03. The van der Waals surface area contributed by atoms with Crippen molar-refractivity contribution in [2.45, 2.75) is 43.4 Å². The average Bonchev–Trinajstić information content (AvgIpc) is 2.74. The van der Waals surface area contributed by atoms with Crippen LogP contribution in [0, 0.1) is 5.41 Å². The molecule has 5 atom stereocenters. The molecule has 2 aromatic carbocycles. The van der Waals surface area contributed by atoms with Crippen molar-refractivity contribution in [2.24, 2.45) is 0 Å². The van der Waals surface area contributed by atoms with Gasteiger partial charge < -0.3 is 35.3 Å². The van der Waals surface area contributed by atoms with Crippen molar-refractivity contribution in [1.29, 1.82) is 5.41 Å². The van der Waals surface area contributed by atoms with Crippen LogP contribution in [0.5, 0.6) is 5.75 Å². The molecule has 29 heavy (non-hydrogen) atoms. The molecule has 0 aromatic heterocycles. The molecule has 0 bridgehead atoms. The number of nitrogens with one attached hydrogen (secondary N) is 1. The van der Waals surface area contributed by atoms with Crippen molar-refractivity contribution >= 4 is 6.21 Å². The summed E-state index contributed by atoms with van der Waals surface area (Å²) in [4.78, 5) is 0. The molecule has 1 aliphatic rings. The maximum atomic E-state index is 10.3. The Morgan fingerprint density at radius 1 is 0.966 bits per heavy atom. The fourth-order valence-electron chi connectivity index (χ4n) is 3.43. The monoisotopic (exact) mass is 401 g/mol. The largest absolute Gasteiger partial charge is 0.493 e. The van der Waals surface area contributed by atoms with Crippen molar-refractivity contribution in [1.82, 2.24) is 0 Å². The first kappa shape index (κ1) is 21.4. The third kappa shape index (κ3) is 5.20. The molecule has 1 heterocycles. The molecule has 7 heteroatoms. The van der Waals surface area contributed by atoms with E-state index in [0.29, 0.717) is 25.0 Å². The van der Waals surface area contributed by atoms with Crippen molar-refractivity contribution < 1.29 is 29.9 Å². The Morgan fingerprint density at radius 3 is 2.41 bits per heavy atom. The highest BCUT2D eigenvalue weighted by Crippen LogP contribution is 2.33. The summed E-state index contributed by atoms with van der Waals surface area (Å²) in [6, 6.07) is 15.2. The number of aliphatic hydroxyl groups is 4. The zero-order valence-corrected chi connectivity index (χ0v) is 16.0.